The van der Waals surface area contributed by atoms with Gasteiger partial charge in [0.1, 0.15) is 22.3 Å². The van der Waals surface area contributed by atoms with Crippen LogP contribution in [0.4, 0.5) is 0 Å². The molecule has 1 aliphatic heterocycles. The Hall–Kier alpha value is -1.93. The number of hydrogen-bond donors (Lipinski definition) is 2. The van der Waals surface area contributed by atoms with E-state index >= 15 is 0 Å². The van der Waals surface area contributed by atoms with Crippen molar-refractivity contribution in [1.29, 1.82) is 0 Å². The Kier molecular flexibility index (Phi) is 3.78. The summed E-state index contributed by atoms with van der Waals surface area (Å²) in [7, 11) is 2.04. The lowest BCUT2D eigenvalue weighted by Crippen LogP contribution is -2.29. The summed E-state index contributed by atoms with van der Waals surface area (Å²) in [6, 6.07) is 2.00. The van der Waals surface area contributed by atoms with Crippen molar-refractivity contribution in [3.05, 3.63) is 23.9 Å². The highest BCUT2D eigenvalue weighted by Crippen LogP contribution is 2.32. The Bertz CT molecular complexity index is 832. The molecule has 4 rings (SSSR count). The molecule has 1 saturated heterocycles. The third-order valence-electron chi connectivity index (χ3n) is 4.21. The molecule has 0 aliphatic carbocycles. The summed E-state index contributed by atoms with van der Waals surface area (Å²) >= 11 is 1.55. The topological polar surface area (TPSA) is 84.3 Å². The molecule has 0 amide bonds. The molecule has 2 N–H and O–H groups in total. The van der Waals surface area contributed by atoms with Crippen molar-refractivity contribution >= 4 is 22.8 Å². The molecule has 23 heavy (non-hydrogen) atoms. The Morgan fingerprint density at radius 2 is 2.22 bits per heavy atom. The molecule has 120 valence electrons. The van der Waals surface area contributed by atoms with Crippen LogP contribution in [-0.4, -0.2) is 42.8 Å². The molecule has 4 heterocycles. The smallest absolute Gasteiger partial charge is 0.197 e. The Morgan fingerprint density at radius 3 is 3.04 bits per heavy atom. The number of H-pyrrole nitrogens is 1. The van der Waals surface area contributed by atoms with Gasteiger partial charge >= 0.3 is 0 Å². The Balaban J connectivity index is 1.66. The van der Waals surface area contributed by atoms with Gasteiger partial charge in [0.05, 0.1) is 5.39 Å². The van der Waals surface area contributed by atoms with Crippen LogP contribution in [0.25, 0.3) is 11.0 Å². The largest absolute Gasteiger partial charge is 0.346 e. The number of aromatic amines is 1. The Morgan fingerprint density at radius 1 is 1.30 bits per heavy atom. The minimum Gasteiger partial charge on any atom is -0.346 e. The maximum atomic E-state index is 4.57. The van der Waals surface area contributed by atoms with Crippen LogP contribution in [0.3, 0.4) is 0 Å². The number of aryl methyl sites for hydroxylation is 1. The number of rotatable bonds is 3. The molecule has 0 spiro atoms. The summed E-state index contributed by atoms with van der Waals surface area (Å²) in [4.78, 5) is 12.1. The molecule has 1 aliphatic rings. The zero-order valence-electron chi connectivity index (χ0n) is 13.2. The summed E-state index contributed by atoms with van der Waals surface area (Å²) in [6.07, 6.45) is 4.24. The van der Waals surface area contributed by atoms with E-state index in [9.17, 15) is 0 Å². The molecule has 0 saturated carbocycles. The van der Waals surface area contributed by atoms with Crippen molar-refractivity contribution in [2.75, 3.05) is 13.1 Å². The summed E-state index contributed by atoms with van der Waals surface area (Å²) in [5.74, 6) is 2.24. The predicted octanol–water partition coefficient (Wildman–Crippen LogP) is 2.01. The average Bonchev–Trinajstić information content (AvgIpc) is 3.16. The van der Waals surface area contributed by atoms with Gasteiger partial charge in [0, 0.05) is 25.7 Å². The zero-order valence-corrected chi connectivity index (χ0v) is 14.0. The first-order chi connectivity index (χ1) is 11.2. The molecule has 8 heteroatoms. The first kappa shape index (κ1) is 14.6. The monoisotopic (exact) mass is 329 g/mol. The molecule has 0 bridgehead atoms. The number of nitrogens with one attached hydrogen (secondary N) is 2. The van der Waals surface area contributed by atoms with Crippen LogP contribution < -0.4 is 5.32 Å². The second-order valence-corrected chi connectivity index (χ2v) is 6.82. The number of piperidine rings is 1. The fraction of sp³-hybridized carbons (Fsp3) is 0.467. The molecular weight excluding hydrogens is 310 g/mol. The summed E-state index contributed by atoms with van der Waals surface area (Å²) < 4.78 is 2.10. The van der Waals surface area contributed by atoms with Crippen LogP contribution in [0.15, 0.2) is 22.4 Å². The van der Waals surface area contributed by atoms with Gasteiger partial charge in [0.25, 0.3) is 0 Å². The van der Waals surface area contributed by atoms with E-state index in [0.717, 1.165) is 52.4 Å². The van der Waals surface area contributed by atoms with Crippen molar-refractivity contribution in [3.8, 4) is 0 Å². The van der Waals surface area contributed by atoms with Crippen LogP contribution in [0.1, 0.15) is 30.4 Å². The normalized spacial score (nSPS) is 18.6. The van der Waals surface area contributed by atoms with Gasteiger partial charge in [-0.2, -0.15) is 0 Å². The third-order valence-corrected chi connectivity index (χ3v) is 5.25. The highest BCUT2D eigenvalue weighted by atomic mass is 32.2. The third kappa shape index (κ3) is 2.72. The standard InChI is InChI=1S/C15H19N7S/c1-9-18-12-11(5-7-17-12)14(19-9)23-15-21-20-13(22(15)2)10-4-3-6-16-8-10/h5,7,10,16H,3-4,6,8H2,1-2H3,(H,17,18,19). The zero-order chi connectivity index (χ0) is 15.8. The fourth-order valence-electron chi connectivity index (χ4n) is 3.03. The van der Waals surface area contributed by atoms with Crippen LogP contribution in [0, 0.1) is 6.92 Å². The number of fused-ring (bicyclic) bond motifs is 1. The van der Waals surface area contributed by atoms with Crippen molar-refractivity contribution in [1.82, 2.24) is 35.0 Å². The van der Waals surface area contributed by atoms with E-state index < -0.39 is 0 Å². The van der Waals surface area contributed by atoms with Gasteiger partial charge in [0.15, 0.2) is 5.16 Å². The van der Waals surface area contributed by atoms with Gasteiger partial charge in [-0.1, -0.05) is 0 Å². The number of nitrogens with zero attached hydrogens (tertiary/aromatic N) is 5. The molecule has 1 unspecified atom stereocenters. The maximum Gasteiger partial charge on any atom is 0.197 e. The van der Waals surface area contributed by atoms with Crippen molar-refractivity contribution in [3.63, 3.8) is 0 Å². The van der Waals surface area contributed by atoms with Gasteiger partial charge in [-0.25, -0.2) is 9.97 Å². The predicted molar refractivity (Wildman–Crippen MR) is 88.6 cm³/mol. The minimum absolute atomic E-state index is 0.440. The lowest BCUT2D eigenvalue weighted by Gasteiger charge is -2.21. The summed E-state index contributed by atoms with van der Waals surface area (Å²) in [5.41, 5.74) is 0.860. The van der Waals surface area contributed by atoms with E-state index in [1.807, 2.05) is 26.2 Å². The van der Waals surface area contributed by atoms with Gasteiger partial charge in [-0.05, 0) is 44.1 Å². The second kappa shape index (κ2) is 5.93. The minimum atomic E-state index is 0.440. The first-order valence-electron chi connectivity index (χ1n) is 7.82. The van der Waals surface area contributed by atoms with Gasteiger partial charge < -0.3 is 14.9 Å². The highest BCUT2D eigenvalue weighted by molar-refractivity contribution is 7.99. The molecule has 0 aromatic carbocycles. The van der Waals surface area contributed by atoms with Crippen molar-refractivity contribution in [2.24, 2.45) is 7.05 Å². The molecule has 0 radical (unpaired) electrons. The first-order valence-corrected chi connectivity index (χ1v) is 8.63. The van der Waals surface area contributed by atoms with Gasteiger partial charge in [-0.3, -0.25) is 0 Å². The Labute approximate surface area is 138 Å². The van der Waals surface area contributed by atoms with E-state index in [1.54, 1.807) is 11.8 Å². The van der Waals surface area contributed by atoms with Crippen LogP contribution in [0.5, 0.6) is 0 Å². The van der Waals surface area contributed by atoms with E-state index in [2.05, 4.69) is 35.0 Å². The van der Waals surface area contributed by atoms with E-state index in [1.165, 1.54) is 6.42 Å². The molecule has 1 fully saturated rings. The summed E-state index contributed by atoms with van der Waals surface area (Å²) in [5, 5.41) is 15.0. The van der Waals surface area contributed by atoms with Crippen LogP contribution in [-0.2, 0) is 7.05 Å². The maximum absolute atomic E-state index is 4.57. The molecular formula is C15H19N7S. The van der Waals surface area contributed by atoms with E-state index in [0.29, 0.717) is 5.92 Å². The van der Waals surface area contributed by atoms with E-state index in [-0.39, 0.29) is 0 Å². The number of hydrogen-bond acceptors (Lipinski definition) is 6. The molecule has 7 nitrogen and oxygen atoms in total. The van der Waals surface area contributed by atoms with Gasteiger partial charge in [-0.15, -0.1) is 10.2 Å². The van der Waals surface area contributed by atoms with Gasteiger partial charge in [0.2, 0.25) is 0 Å². The lowest BCUT2D eigenvalue weighted by molar-refractivity contribution is 0.436. The van der Waals surface area contributed by atoms with E-state index in [4.69, 9.17) is 0 Å². The van der Waals surface area contributed by atoms with Crippen molar-refractivity contribution in [2.45, 2.75) is 35.9 Å². The molecule has 1 atom stereocenters. The average molecular weight is 329 g/mol. The summed E-state index contributed by atoms with van der Waals surface area (Å²) in [6.45, 7) is 3.98. The highest BCUT2D eigenvalue weighted by Gasteiger charge is 2.22. The number of aromatic nitrogens is 6. The fourth-order valence-corrected chi connectivity index (χ4v) is 3.96. The van der Waals surface area contributed by atoms with Crippen LogP contribution in [0.2, 0.25) is 0 Å². The lowest BCUT2D eigenvalue weighted by atomic mass is 9.99. The molecule has 3 aromatic rings. The quantitative estimate of drug-likeness (QED) is 0.715. The molecule has 3 aromatic heterocycles. The van der Waals surface area contributed by atoms with Crippen molar-refractivity contribution < 1.29 is 0 Å². The SMILES string of the molecule is Cc1nc(Sc2nnc(C3CCCNC3)n2C)c2cc[nH]c2n1. The van der Waals surface area contributed by atoms with Crippen LogP contribution >= 0.6 is 11.8 Å². The second-order valence-electron chi connectivity index (χ2n) is 5.86.